The van der Waals surface area contributed by atoms with E-state index in [0.29, 0.717) is 0 Å². The Balaban J connectivity index is 2.45. The van der Waals surface area contributed by atoms with Gasteiger partial charge in [-0.2, -0.15) is 14.4 Å². The number of rotatable bonds is 0. The highest BCUT2D eigenvalue weighted by Crippen LogP contribution is 2.11. The van der Waals surface area contributed by atoms with Gasteiger partial charge in [-0.25, -0.2) is 0 Å². The van der Waals surface area contributed by atoms with Gasteiger partial charge in [-0.1, -0.05) is 0 Å². The van der Waals surface area contributed by atoms with Crippen LogP contribution in [0.15, 0.2) is 25.4 Å². The highest BCUT2D eigenvalue weighted by molar-refractivity contribution is 6.18. The summed E-state index contributed by atoms with van der Waals surface area (Å²) >= 11 is 0. The maximum atomic E-state index is 12.4. The Hall–Kier alpha value is -1.66. The van der Waals surface area contributed by atoms with E-state index in [1.807, 2.05) is 0 Å². The summed E-state index contributed by atoms with van der Waals surface area (Å²) in [7, 11) is 0. The minimum absolute atomic E-state index is 0.0394. The molecular weight excluding hydrogens is 151 g/mol. The fraction of sp³-hybridized carbons (Fsp3) is 0.250. The van der Waals surface area contributed by atoms with Crippen LogP contribution in [0.2, 0.25) is 0 Å². The predicted octanol–water partition coefficient (Wildman–Crippen LogP) is -0.169. The Bertz CT molecular complexity index is 313. The number of hydrogen-bond acceptors (Lipinski definition) is 6. The molecule has 1 atom stereocenters. The molecule has 0 amide bonds. The molecule has 0 radical (unpaired) electrons. The molecular formula is C4H3FN6. The van der Waals surface area contributed by atoms with Gasteiger partial charge in [0.15, 0.2) is 11.9 Å². The molecule has 0 fully saturated rings. The molecule has 2 heterocycles. The lowest BCUT2D eigenvalue weighted by Crippen LogP contribution is -2.35. The van der Waals surface area contributed by atoms with E-state index >= 15 is 0 Å². The summed E-state index contributed by atoms with van der Waals surface area (Å²) < 4.78 is 12.4. The van der Waals surface area contributed by atoms with Crippen LogP contribution in [0, 0.1) is 0 Å². The van der Waals surface area contributed by atoms with Gasteiger partial charge in [0, 0.05) is 0 Å². The third-order valence-electron chi connectivity index (χ3n) is 1.27. The molecule has 0 saturated heterocycles. The average Bonchev–Trinajstić information content (AvgIpc) is 2.34. The van der Waals surface area contributed by atoms with Crippen LogP contribution in [0.1, 0.15) is 0 Å². The normalized spacial score (nSPS) is 27.4. The molecule has 0 aromatic rings. The summed E-state index contributed by atoms with van der Waals surface area (Å²) in [6.45, 7) is 0. The Labute approximate surface area is 60.4 Å². The van der Waals surface area contributed by atoms with Crippen molar-refractivity contribution in [2.45, 2.75) is 6.04 Å². The molecule has 0 aromatic heterocycles. The number of aliphatic imine (C=N–C) groups is 2. The molecule has 6 nitrogen and oxygen atoms in total. The van der Waals surface area contributed by atoms with Crippen molar-refractivity contribution in [1.82, 2.24) is 0 Å². The monoisotopic (exact) mass is 154 g/mol. The Kier molecular flexibility index (Phi) is 1.05. The van der Waals surface area contributed by atoms with Gasteiger partial charge in [-0.05, 0) is 5.22 Å². The maximum absolute atomic E-state index is 12.4. The van der Waals surface area contributed by atoms with Crippen molar-refractivity contribution in [2.24, 2.45) is 31.2 Å². The molecule has 2 N–H and O–H groups in total. The molecule has 11 heavy (non-hydrogen) atoms. The molecule has 56 valence electrons. The molecule has 0 aliphatic carbocycles. The van der Waals surface area contributed by atoms with Crippen molar-refractivity contribution in [3.05, 3.63) is 0 Å². The van der Waals surface area contributed by atoms with Crippen LogP contribution in [-0.2, 0) is 0 Å². The van der Waals surface area contributed by atoms with E-state index in [4.69, 9.17) is 5.73 Å². The summed E-state index contributed by atoms with van der Waals surface area (Å²) in [5.41, 5.74) is 5.30. The Morgan fingerprint density at radius 3 is 3.00 bits per heavy atom. The highest BCUT2D eigenvalue weighted by Gasteiger charge is 2.28. The number of hydrogen-bond donors (Lipinski definition) is 1. The van der Waals surface area contributed by atoms with Gasteiger partial charge < -0.3 is 5.73 Å². The summed E-state index contributed by atoms with van der Waals surface area (Å²) in [5.74, 6) is 0.201. The van der Waals surface area contributed by atoms with Crippen molar-refractivity contribution in [3.63, 3.8) is 0 Å². The fourth-order valence-electron chi connectivity index (χ4n) is 0.792. The molecule has 0 spiro atoms. The highest BCUT2D eigenvalue weighted by atomic mass is 19.1. The molecule has 2 aliphatic heterocycles. The molecule has 0 saturated carbocycles. The van der Waals surface area contributed by atoms with E-state index in [1.54, 1.807) is 0 Å². The number of amidine groups is 3. The zero-order chi connectivity index (χ0) is 7.84. The van der Waals surface area contributed by atoms with E-state index in [0.717, 1.165) is 0 Å². The van der Waals surface area contributed by atoms with E-state index in [-0.39, 0.29) is 11.7 Å². The van der Waals surface area contributed by atoms with Crippen LogP contribution in [0.5, 0.6) is 0 Å². The Morgan fingerprint density at radius 1 is 1.36 bits per heavy atom. The summed E-state index contributed by atoms with van der Waals surface area (Å²) in [4.78, 5) is 6.61. The third-order valence-corrected chi connectivity index (χ3v) is 1.27. The number of fused-ring (bicyclic) bond motifs is 1. The smallest absolute Gasteiger partial charge is 0.312 e. The third kappa shape index (κ3) is 0.810. The standard InChI is InChI=1S/C4H3FN6/c5-4-7-2(6)1-3(8-4)10-11-9-1/h1H,(H2,6,7,8,9,10). The van der Waals surface area contributed by atoms with Crippen LogP contribution < -0.4 is 5.73 Å². The number of nitrogens with zero attached hydrogens (tertiary/aromatic N) is 5. The first-order valence-corrected chi connectivity index (χ1v) is 2.83. The lowest BCUT2D eigenvalue weighted by atomic mass is 10.2. The van der Waals surface area contributed by atoms with Crippen molar-refractivity contribution in [1.29, 1.82) is 0 Å². The molecule has 0 bridgehead atoms. The zero-order valence-corrected chi connectivity index (χ0v) is 5.27. The zero-order valence-electron chi connectivity index (χ0n) is 5.27. The molecule has 7 heteroatoms. The SMILES string of the molecule is NC1=NC(F)=NC2=NN=NC12. The maximum Gasteiger partial charge on any atom is 0.312 e. The first-order valence-electron chi connectivity index (χ1n) is 2.83. The van der Waals surface area contributed by atoms with Crippen molar-refractivity contribution < 1.29 is 4.39 Å². The second-order valence-corrected chi connectivity index (χ2v) is 1.98. The Morgan fingerprint density at radius 2 is 2.18 bits per heavy atom. The quantitative estimate of drug-likeness (QED) is 0.482. The van der Waals surface area contributed by atoms with Crippen LogP contribution in [0.3, 0.4) is 0 Å². The number of halogens is 1. The molecule has 2 aliphatic rings. The summed E-state index contributed by atoms with van der Waals surface area (Å²) in [6, 6.07) is -0.575. The fourth-order valence-corrected chi connectivity index (χ4v) is 0.792. The van der Waals surface area contributed by atoms with E-state index < -0.39 is 12.1 Å². The van der Waals surface area contributed by atoms with Gasteiger partial charge in [-0.3, -0.25) is 0 Å². The van der Waals surface area contributed by atoms with Crippen LogP contribution >= 0.6 is 0 Å². The molecule has 1 unspecified atom stereocenters. The van der Waals surface area contributed by atoms with Gasteiger partial charge >= 0.3 is 6.09 Å². The minimum Gasteiger partial charge on any atom is -0.385 e. The van der Waals surface area contributed by atoms with E-state index in [9.17, 15) is 4.39 Å². The molecule has 2 rings (SSSR count). The van der Waals surface area contributed by atoms with Crippen LogP contribution in [0.25, 0.3) is 0 Å². The van der Waals surface area contributed by atoms with Crippen molar-refractivity contribution >= 4 is 17.8 Å². The van der Waals surface area contributed by atoms with E-state index in [1.165, 1.54) is 0 Å². The topological polar surface area (TPSA) is 87.8 Å². The van der Waals surface area contributed by atoms with Crippen LogP contribution in [0.4, 0.5) is 4.39 Å². The first kappa shape index (κ1) is 6.08. The van der Waals surface area contributed by atoms with Gasteiger partial charge in [0.2, 0.25) is 0 Å². The summed E-state index contributed by atoms with van der Waals surface area (Å²) in [6.07, 6.45) is -0.898. The van der Waals surface area contributed by atoms with Gasteiger partial charge in [-0.15, -0.1) is 10.2 Å². The second-order valence-electron chi connectivity index (χ2n) is 1.98. The van der Waals surface area contributed by atoms with Gasteiger partial charge in [0.05, 0.1) is 0 Å². The largest absolute Gasteiger partial charge is 0.385 e. The number of nitrogens with two attached hydrogens (primary N) is 1. The van der Waals surface area contributed by atoms with Crippen molar-refractivity contribution in [3.8, 4) is 0 Å². The second kappa shape index (κ2) is 1.91. The van der Waals surface area contributed by atoms with E-state index in [2.05, 4.69) is 25.4 Å². The van der Waals surface area contributed by atoms with Gasteiger partial charge in [0.1, 0.15) is 5.84 Å². The van der Waals surface area contributed by atoms with Crippen LogP contribution in [-0.4, -0.2) is 23.8 Å². The van der Waals surface area contributed by atoms with Crippen molar-refractivity contribution in [2.75, 3.05) is 0 Å². The minimum atomic E-state index is -0.898. The predicted molar refractivity (Wildman–Crippen MR) is 36.2 cm³/mol. The van der Waals surface area contributed by atoms with Gasteiger partial charge in [0.25, 0.3) is 0 Å². The average molecular weight is 154 g/mol. The first-order chi connectivity index (χ1) is 5.27. The lowest BCUT2D eigenvalue weighted by molar-refractivity contribution is 0.786. The molecule has 0 aromatic carbocycles. The summed E-state index contributed by atoms with van der Waals surface area (Å²) in [5, 5.41) is 10.3. The lowest BCUT2D eigenvalue weighted by Gasteiger charge is -2.07.